The molecule has 2 aromatic carbocycles. The second-order valence-electron chi connectivity index (χ2n) is 4.82. The van der Waals surface area contributed by atoms with Crippen molar-refractivity contribution >= 4 is 21.7 Å². The summed E-state index contributed by atoms with van der Waals surface area (Å²) >= 11 is 0. The van der Waals surface area contributed by atoms with Crippen molar-refractivity contribution in [3.05, 3.63) is 59.7 Å². The van der Waals surface area contributed by atoms with E-state index in [2.05, 4.69) is 9.93 Å². The summed E-state index contributed by atoms with van der Waals surface area (Å²) in [6, 6.07) is 12.0. The summed E-state index contributed by atoms with van der Waals surface area (Å²) in [5.41, 5.74) is 0.620. The fraction of sp³-hybridized carbons (Fsp3) is 0.125. The van der Waals surface area contributed by atoms with Crippen LogP contribution in [0.4, 0.5) is 0 Å². The van der Waals surface area contributed by atoms with Crippen LogP contribution in [0, 0.1) is 0 Å². The maximum absolute atomic E-state index is 12.2. The van der Waals surface area contributed by atoms with Crippen molar-refractivity contribution in [3.8, 4) is 5.75 Å². The fourth-order valence-electron chi connectivity index (χ4n) is 1.98. The molecule has 0 aliphatic rings. The molecule has 2 N–H and O–H groups in total. The first-order valence-corrected chi connectivity index (χ1v) is 8.36. The fourth-order valence-corrected chi connectivity index (χ4v) is 2.84. The van der Waals surface area contributed by atoms with Crippen molar-refractivity contribution in [2.45, 2.75) is 11.8 Å². The molecular weight excluding hydrogens is 332 g/mol. The Bertz CT molecular complexity index is 874. The summed E-state index contributed by atoms with van der Waals surface area (Å²) in [5.74, 6) is -0.581. The molecule has 0 aromatic heterocycles. The summed E-state index contributed by atoms with van der Waals surface area (Å²) in [6.07, 6.45) is 0. The molecular formula is C16H16N2O5S. The Morgan fingerprint density at radius 2 is 1.67 bits per heavy atom. The molecule has 24 heavy (non-hydrogen) atoms. The number of hydrazone groups is 1. The van der Waals surface area contributed by atoms with Crippen molar-refractivity contribution < 1.29 is 23.1 Å². The van der Waals surface area contributed by atoms with Gasteiger partial charge in [-0.3, -0.25) is 0 Å². The van der Waals surface area contributed by atoms with Crippen molar-refractivity contribution in [2.24, 2.45) is 5.10 Å². The molecule has 0 saturated carbocycles. The van der Waals surface area contributed by atoms with Gasteiger partial charge < -0.3 is 9.84 Å². The van der Waals surface area contributed by atoms with Crippen LogP contribution in [0.15, 0.2) is 58.5 Å². The van der Waals surface area contributed by atoms with Crippen LogP contribution in [-0.2, 0) is 10.0 Å². The van der Waals surface area contributed by atoms with Gasteiger partial charge in [0.2, 0.25) is 0 Å². The predicted octanol–water partition coefficient (Wildman–Crippen LogP) is 2.10. The Balaban J connectivity index is 2.27. The quantitative estimate of drug-likeness (QED) is 0.614. The van der Waals surface area contributed by atoms with Crippen molar-refractivity contribution in [3.63, 3.8) is 0 Å². The zero-order chi connectivity index (χ0) is 17.7. The number of nitrogens with one attached hydrogen (secondary N) is 1. The first-order chi connectivity index (χ1) is 11.3. The molecule has 0 radical (unpaired) electrons. The molecule has 0 bridgehead atoms. The summed E-state index contributed by atoms with van der Waals surface area (Å²) in [7, 11) is -2.38. The number of sulfonamides is 1. The number of benzene rings is 2. The van der Waals surface area contributed by atoms with Gasteiger partial charge in [0.1, 0.15) is 5.75 Å². The molecule has 0 spiro atoms. The smallest absolute Gasteiger partial charge is 0.336 e. The Hall–Kier alpha value is -2.87. The normalized spacial score (nSPS) is 11.8. The van der Waals surface area contributed by atoms with Crippen LogP contribution in [0.25, 0.3) is 0 Å². The first-order valence-electron chi connectivity index (χ1n) is 6.88. The minimum absolute atomic E-state index is 0.0198. The third kappa shape index (κ3) is 3.90. The molecule has 0 atom stereocenters. The molecule has 8 heteroatoms. The number of methoxy groups -OCH3 is 1. The maximum atomic E-state index is 12.2. The van der Waals surface area contributed by atoms with Crippen LogP contribution in [0.5, 0.6) is 5.75 Å². The van der Waals surface area contributed by atoms with E-state index in [0.717, 1.165) is 0 Å². The number of hydrogen-bond acceptors (Lipinski definition) is 5. The molecule has 0 aliphatic heterocycles. The van der Waals surface area contributed by atoms with E-state index in [4.69, 9.17) is 9.84 Å². The topological polar surface area (TPSA) is 105 Å². The summed E-state index contributed by atoms with van der Waals surface area (Å²) in [6.45, 7) is 1.53. The summed E-state index contributed by atoms with van der Waals surface area (Å²) in [5, 5.41) is 13.0. The molecule has 0 aliphatic carbocycles. The van der Waals surface area contributed by atoms with Crippen LogP contribution in [0.1, 0.15) is 22.8 Å². The van der Waals surface area contributed by atoms with E-state index in [0.29, 0.717) is 11.3 Å². The monoisotopic (exact) mass is 348 g/mol. The van der Waals surface area contributed by atoms with Crippen molar-refractivity contribution in [1.29, 1.82) is 0 Å². The number of aromatic carboxylic acids is 1. The van der Waals surface area contributed by atoms with Gasteiger partial charge in [0.15, 0.2) is 0 Å². The second kappa shape index (κ2) is 7.14. The van der Waals surface area contributed by atoms with E-state index in [9.17, 15) is 13.2 Å². The van der Waals surface area contributed by atoms with Gasteiger partial charge in [-0.15, -0.1) is 0 Å². The average molecular weight is 348 g/mol. The molecule has 126 valence electrons. The Morgan fingerprint density at radius 1 is 1.08 bits per heavy atom. The highest BCUT2D eigenvalue weighted by Crippen LogP contribution is 2.15. The highest BCUT2D eigenvalue weighted by Gasteiger charge is 2.15. The van der Waals surface area contributed by atoms with Crippen LogP contribution >= 0.6 is 0 Å². The molecule has 0 amide bonds. The van der Waals surface area contributed by atoms with E-state index in [-0.39, 0.29) is 16.2 Å². The zero-order valence-corrected chi connectivity index (χ0v) is 13.9. The van der Waals surface area contributed by atoms with Crippen LogP contribution in [0.3, 0.4) is 0 Å². The summed E-state index contributed by atoms with van der Waals surface area (Å²) < 4.78 is 29.4. The number of ether oxygens (including phenoxy) is 1. The number of rotatable bonds is 6. The van der Waals surface area contributed by atoms with Gasteiger partial charge in [-0.2, -0.15) is 18.4 Å². The van der Waals surface area contributed by atoms with Gasteiger partial charge >= 0.3 is 5.97 Å². The van der Waals surface area contributed by atoms with Crippen molar-refractivity contribution in [1.82, 2.24) is 4.83 Å². The number of hydrogen-bond donors (Lipinski definition) is 2. The van der Waals surface area contributed by atoms with Gasteiger partial charge in [-0.1, -0.05) is 18.2 Å². The Kier molecular flexibility index (Phi) is 5.20. The van der Waals surface area contributed by atoms with Gasteiger partial charge in [0, 0.05) is 5.56 Å². The number of nitrogens with zero attached hydrogens (tertiary/aromatic N) is 1. The largest absolute Gasteiger partial charge is 0.497 e. The van der Waals surface area contributed by atoms with Crippen LogP contribution in [0.2, 0.25) is 0 Å². The third-order valence-corrected chi connectivity index (χ3v) is 4.47. The van der Waals surface area contributed by atoms with E-state index >= 15 is 0 Å². The lowest BCUT2D eigenvalue weighted by atomic mass is 10.0. The average Bonchev–Trinajstić information content (AvgIpc) is 2.59. The lowest BCUT2D eigenvalue weighted by Gasteiger charge is -2.08. The van der Waals surface area contributed by atoms with E-state index in [1.807, 2.05) is 0 Å². The van der Waals surface area contributed by atoms with E-state index < -0.39 is 16.0 Å². The standard InChI is InChI=1S/C16H16N2O5S/c1-11(14-5-3-4-6-15(14)16(19)20)17-18-24(21,22)13-9-7-12(23-2)8-10-13/h3-10,18H,1-2H3,(H,19,20)/b17-11+. The molecule has 2 aromatic rings. The summed E-state index contributed by atoms with van der Waals surface area (Å²) in [4.78, 5) is 13.3. The van der Waals surface area contributed by atoms with Crippen LogP contribution in [-0.4, -0.2) is 32.3 Å². The SMILES string of the molecule is COc1ccc(S(=O)(=O)N/N=C(\C)c2ccccc2C(=O)O)cc1. The number of carboxylic acid groups (broad SMARTS) is 1. The minimum atomic E-state index is -3.86. The molecule has 0 fully saturated rings. The lowest BCUT2D eigenvalue weighted by Crippen LogP contribution is -2.20. The van der Waals surface area contributed by atoms with Gasteiger partial charge in [-0.05, 0) is 37.3 Å². The van der Waals surface area contributed by atoms with Crippen LogP contribution < -0.4 is 9.57 Å². The maximum Gasteiger partial charge on any atom is 0.336 e. The highest BCUT2D eigenvalue weighted by atomic mass is 32.2. The Morgan fingerprint density at radius 3 is 2.21 bits per heavy atom. The predicted molar refractivity (Wildman–Crippen MR) is 88.9 cm³/mol. The molecule has 2 rings (SSSR count). The first kappa shape index (κ1) is 17.5. The highest BCUT2D eigenvalue weighted by molar-refractivity contribution is 7.89. The van der Waals surface area contributed by atoms with Gasteiger partial charge in [0.05, 0.1) is 23.3 Å². The second-order valence-corrected chi connectivity index (χ2v) is 6.48. The number of carboxylic acids is 1. The zero-order valence-electron chi connectivity index (χ0n) is 13.1. The van der Waals surface area contributed by atoms with E-state index in [1.54, 1.807) is 18.2 Å². The number of carbonyl (C=O) groups is 1. The van der Waals surface area contributed by atoms with Crippen molar-refractivity contribution in [2.75, 3.05) is 7.11 Å². The minimum Gasteiger partial charge on any atom is -0.497 e. The van der Waals surface area contributed by atoms with Gasteiger partial charge in [-0.25, -0.2) is 4.79 Å². The molecule has 0 saturated heterocycles. The molecule has 0 unspecified atom stereocenters. The van der Waals surface area contributed by atoms with Gasteiger partial charge in [0.25, 0.3) is 10.0 Å². The van der Waals surface area contributed by atoms with E-state index in [1.165, 1.54) is 44.4 Å². The molecule has 0 heterocycles. The third-order valence-electron chi connectivity index (χ3n) is 3.25. The Labute approximate surface area is 139 Å². The molecule has 7 nitrogen and oxygen atoms in total. The lowest BCUT2D eigenvalue weighted by molar-refractivity contribution is 0.0696.